The first-order chi connectivity index (χ1) is 8.72. The summed E-state index contributed by atoms with van der Waals surface area (Å²) in [6, 6.07) is 4.07. The number of nitrogens with one attached hydrogen (secondary N) is 1. The summed E-state index contributed by atoms with van der Waals surface area (Å²) >= 11 is 6.15. The zero-order chi connectivity index (χ0) is 13.0. The van der Waals surface area contributed by atoms with Gasteiger partial charge >= 0.3 is 0 Å². The Morgan fingerprint density at radius 1 is 1.44 bits per heavy atom. The van der Waals surface area contributed by atoms with Gasteiger partial charge in [-0.25, -0.2) is 0 Å². The maximum absolute atomic E-state index is 6.15. The molecule has 0 aromatic carbocycles. The molecule has 4 heteroatoms. The first kappa shape index (κ1) is 13.1. The largest absolute Gasteiger partial charge is 0.467 e. The zero-order valence-electron chi connectivity index (χ0n) is 10.6. The van der Waals surface area contributed by atoms with Crippen molar-refractivity contribution in [2.75, 3.05) is 6.54 Å². The second kappa shape index (κ2) is 6.03. The van der Waals surface area contributed by atoms with Gasteiger partial charge in [0.15, 0.2) is 0 Å². The molecule has 1 atom stereocenters. The number of likely N-dealkylation sites (N-methyl/N-ethyl adjacent to an activating group) is 1. The number of halogens is 1. The quantitative estimate of drug-likeness (QED) is 0.898. The van der Waals surface area contributed by atoms with Crippen LogP contribution in [0.3, 0.4) is 0 Å². The standard InChI is InChI=1S/C14H17ClN2O/c1-3-17-13(14-10(2)5-7-18-14)8-11-4-6-16-9-12(11)15/h4-7,9,13,17H,3,8H2,1-2H3. The molecule has 0 radical (unpaired) electrons. The summed E-state index contributed by atoms with van der Waals surface area (Å²) in [7, 11) is 0. The third-order valence-corrected chi connectivity index (χ3v) is 3.29. The van der Waals surface area contributed by atoms with Crippen LogP contribution >= 0.6 is 11.6 Å². The summed E-state index contributed by atoms with van der Waals surface area (Å²) in [5, 5.41) is 4.13. The molecule has 2 aromatic heterocycles. The molecule has 2 rings (SSSR count). The number of nitrogens with zero attached hydrogens (tertiary/aromatic N) is 1. The fourth-order valence-corrected chi connectivity index (χ4v) is 2.23. The predicted octanol–water partition coefficient (Wildman–Crippen LogP) is 3.53. The zero-order valence-corrected chi connectivity index (χ0v) is 11.4. The van der Waals surface area contributed by atoms with Gasteiger partial charge in [-0.05, 0) is 43.1 Å². The molecule has 2 aromatic rings. The molecule has 0 aliphatic rings. The third kappa shape index (κ3) is 2.92. The normalized spacial score (nSPS) is 12.6. The number of pyridine rings is 1. The van der Waals surface area contributed by atoms with E-state index >= 15 is 0 Å². The van der Waals surface area contributed by atoms with Gasteiger partial charge in [-0.15, -0.1) is 0 Å². The molecule has 2 heterocycles. The average molecular weight is 265 g/mol. The topological polar surface area (TPSA) is 38.1 Å². The van der Waals surface area contributed by atoms with E-state index in [1.165, 1.54) is 0 Å². The van der Waals surface area contributed by atoms with Crippen LogP contribution in [0, 0.1) is 6.92 Å². The van der Waals surface area contributed by atoms with E-state index in [4.69, 9.17) is 16.0 Å². The Labute approximate surface area is 112 Å². The Morgan fingerprint density at radius 2 is 2.28 bits per heavy atom. The van der Waals surface area contributed by atoms with Crippen molar-refractivity contribution in [1.29, 1.82) is 0 Å². The highest BCUT2D eigenvalue weighted by Gasteiger charge is 2.17. The van der Waals surface area contributed by atoms with Crippen molar-refractivity contribution in [2.24, 2.45) is 0 Å². The lowest BCUT2D eigenvalue weighted by molar-refractivity contribution is 0.413. The third-order valence-electron chi connectivity index (χ3n) is 2.95. The van der Waals surface area contributed by atoms with Crippen LogP contribution in [0.2, 0.25) is 5.02 Å². The number of furan rings is 1. The summed E-state index contributed by atoms with van der Waals surface area (Å²) in [5.41, 5.74) is 2.24. The highest BCUT2D eigenvalue weighted by molar-refractivity contribution is 6.31. The number of rotatable bonds is 5. The second-order valence-corrected chi connectivity index (χ2v) is 4.66. The van der Waals surface area contributed by atoms with E-state index in [0.717, 1.165) is 29.9 Å². The van der Waals surface area contributed by atoms with Crippen LogP contribution in [-0.2, 0) is 6.42 Å². The van der Waals surface area contributed by atoms with Crippen molar-refractivity contribution in [3.63, 3.8) is 0 Å². The molecule has 0 aliphatic carbocycles. The lowest BCUT2D eigenvalue weighted by Gasteiger charge is -2.17. The Morgan fingerprint density at radius 3 is 2.89 bits per heavy atom. The van der Waals surface area contributed by atoms with E-state index in [2.05, 4.69) is 24.1 Å². The van der Waals surface area contributed by atoms with Gasteiger partial charge in [0.1, 0.15) is 5.76 Å². The molecule has 1 N–H and O–H groups in total. The van der Waals surface area contributed by atoms with Gasteiger partial charge in [-0.2, -0.15) is 0 Å². The summed E-state index contributed by atoms with van der Waals surface area (Å²) in [6.45, 7) is 5.02. The van der Waals surface area contributed by atoms with Crippen molar-refractivity contribution >= 4 is 11.6 Å². The molecule has 18 heavy (non-hydrogen) atoms. The Balaban J connectivity index is 2.22. The van der Waals surface area contributed by atoms with Gasteiger partial charge in [0.2, 0.25) is 0 Å². The number of hydrogen-bond acceptors (Lipinski definition) is 3. The lowest BCUT2D eigenvalue weighted by Crippen LogP contribution is -2.23. The maximum Gasteiger partial charge on any atom is 0.123 e. The number of aromatic nitrogens is 1. The Bertz CT molecular complexity index is 510. The Hall–Kier alpha value is -1.32. The van der Waals surface area contributed by atoms with E-state index in [0.29, 0.717) is 5.02 Å². The fourth-order valence-electron chi connectivity index (χ4n) is 2.03. The van der Waals surface area contributed by atoms with E-state index in [-0.39, 0.29) is 6.04 Å². The maximum atomic E-state index is 6.15. The van der Waals surface area contributed by atoms with Gasteiger partial charge in [0.05, 0.1) is 17.3 Å². The number of aryl methyl sites for hydroxylation is 1. The van der Waals surface area contributed by atoms with Crippen molar-refractivity contribution in [2.45, 2.75) is 26.3 Å². The predicted molar refractivity (Wildman–Crippen MR) is 72.8 cm³/mol. The van der Waals surface area contributed by atoms with Crippen molar-refractivity contribution < 1.29 is 4.42 Å². The van der Waals surface area contributed by atoms with Crippen molar-refractivity contribution in [3.8, 4) is 0 Å². The molecule has 0 bridgehead atoms. The van der Waals surface area contributed by atoms with Gasteiger partial charge in [0, 0.05) is 12.4 Å². The highest BCUT2D eigenvalue weighted by atomic mass is 35.5. The molecule has 3 nitrogen and oxygen atoms in total. The van der Waals surface area contributed by atoms with Gasteiger partial charge in [-0.1, -0.05) is 18.5 Å². The van der Waals surface area contributed by atoms with Crippen molar-refractivity contribution in [3.05, 3.63) is 52.7 Å². The molecular weight excluding hydrogens is 248 g/mol. The van der Waals surface area contributed by atoms with E-state index < -0.39 is 0 Å². The fraction of sp³-hybridized carbons (Fsp3) is 0.357. The average Bonchev–Trinajstić information content (AvgIpc) is 2.78. The molecule has 1 unspecified atom stereocenters. The summed E-state index contributed by atoms with van der Waals surface area (Å²) < 4.78 is 5.57. The van der Waals surface area contributed by atoms with Crippen LogP contribution in [0.5, 0.6) is 0 Å². The minimum Gasteiger partial charge on any atom is -0.467 e. The van der Waals surface area contributed by atoms with Crippen LogP contribution in [0.1, 0.15) is 29.9 Å². The molecule has 0 fully saturated rings. The monoisotopic (exact) mass is 264 g/mol. The van der Waals surface area contributed by atoms with Crippen LogP contribution < -0.4 is 5.32 Å². The number of hydrogen-bond donors (Lipinski definition) is 1. The van der Waals surface area contributed by atoms with Gasteiger partial charge in [0.25, 0.3) is 0 Å². The lowest BCUT2D eigenvalue weighted by atomic mass is 10.0. The molecular formula is C14H17ClN2O. The minimum absolute atomic E-state index is 0.143. The molecule has 96 valence electrons. The molecule has 0 saturated carbocycles. The first-order valence-electron chi connectivity index (χ1n) is 6.08. The van der Waals surface area contributed by atoms with E-state index in [9.17, 15) is 0 Å². The SMILES string of the molecule is CCNC(Cc1ccncc1Cl)c1occc1C. The summed E-state index contributed by atoms with van der Waals surface area (Å²) in [5.74, 6) is 0.977. The summed E-state index contributed by atoms with van der Waals surface area (Å²) in [6.07, 6.45) is 5.96. The van der Waals surface area contributed by atoms with Crippen LogP contribution in [-0.4, -0.2) is 11.5 Å². The molecule has 0 aliphatic heterocycles. The van der Waals surface area contributed by atoms with Crippen LogP contribution in [0.15, 0.2) is 35.2 Å². The van der Waals surface area contributed by atoms with Crippen LogP contribution in [0.25, 0.3) is 0 Å². The second-order valence-electron chi connectivity index (χ2n) is 4.25. The van der Waals surface area contributed by atoms with Crippen LogP contribution in [0.4, 0.5) is 0 Å². The molecule has 0 saturated heterocycles. The summed E-state index contributed by atoms with van der Waals surface area (Å²) in [4.78, 5) is 4.00. The molecule has 0 spiro atoms. The Kier molecular flexibility index (Phi) is 4.39. The molecule has 0 amide bonds. The smallest absolute Gasteiger partial charge is 0.123 e. The van der Waals surface area contributed by atoms with E-state index in [1.54, 1.807) is 18.7 Å². The van der Waals surface area contributed by atoms with Gasteiger partial charge in [-0.3, -0.25) is 4.98 Å². The first-order valence-corrected chi connectivity index (χ1v) is 6.46. The van der Waals surface area contributed by atoms with Crippen molar-refractivity contribution in [1.82, 2.24) is 10.3 Å². The minimum atomic E-state index is 0.143. The van der Waals surface area contributed by atoms with Gasteiger partial charge < -0.3 is 9.73 Å². The highest BCUT2D eigenvalue weighted by Crippen LogP contribution is 2.25. The van der Waals surface area contributed by atoms with E-state index in [1.807, 2.05) is 12.1 Å².